The van der Waals surface area contributed by atoms with Gasteiger partial charge >= 0.3 is 12.3 Å². The van der Waals surface area contributed by atoms with Gasteiger partial charge in [-0.2, -0.15) is 0 Å². The van der Waals surface area contributed by atoms with E-state index in [2.05, 4.69) is 10.1 Å². The molecule has 144 valence electrons. The summed E-state index contributed by atoms with van der Waals surface area (Å²) in [5, 5.41) is 11.7. The number of hydrogen-bond acceptors (Lipinski definition) is 3. The van der Waals surface area contributed by atoms with Crippen LogP contribution in [0.15, 0.2) is 54.6 Å². The molecular weight excluding hydrogens is 363 g/mol. The molecule has 27 heavy (non-hydrogen) atoms. The van der Waals surface area contributed by atoms with Crippen molar-refractivity contribution in [1.82, 2.24) is 5.32 Å². The number of carbonyl (C=O) groups excluding carboxylic acids is 1. The van der Waals surface area contributed by atoms with Gasteiger partial charge in [0.25, 0.3) is 0 Å². The van der Waals surface area contributed by atoms with Crippen molar-refractivity contribution in [3.05, 3.63) is 65.7 Å². The van der Waals surface area contributed by atoms with Crippen LogP contribution in [0.25, 0.3) is 0 Å². The number of halogens is 3. The van der Waals surface area contributed by atoms with Gasteiger partial charge in [-0.3, -0.25) is 4.79 Å². The molecule has 2 rings (SSSR count). The number of rotatable bonds is 8. The first-order valence-corrected chi connectivity index (χ1v) is 8.14. The quantitative estimate of drug-likeness (QED) is 0.736. The van der Waals surface area contributed by atoms with Crippen molar-refractivity contribution >= 4 is 11.9 Å². The first kappa shape index (κ1) is 20.3. The fourth-order valence-corrected chi connectivity index (χ4v) is 2.43. The van der Waals surface area contributed by atoms with Gasteiger partial charge in [-0.1, -0.05) is 42.5 Å². The molecular formula is C19H18F3NO4. The second kappa shape index (κ2) is 9.07. The summed E-state index contributed by atoms with van der Waals surface area (Å²) in [6, 6.07) is 13.0. The van der Waals surface area contributed by atoms with Crippen molar-refractivity contribution in [3.8, 4) is 5.75 Å². The summed E-state index contributed by atoms with van der Waals surface area (Å²) in [6.45, 7) is 0. The molecule has 8 heteroatoms. The molecule has 0 unspecified atom stereocenters. The second-order valence-electron chi connectivity index (χ2n) is 5.84. The van der Waals surface area contributed by atoms with Crippen molar-refractivity contribution in [3.63, 3.8) is 0 Å². The molecule has 2 aromatic carbocycles. The number of ether oxygens (including phenoxy) is 1. The number of aliphatic carboxylic acids is 1. The van der Waals surface area contributed by atoms with Crippen LogP contribution in [0.3, 0.4) is 0 Å². The number of nitrogens with one attached hydrogen (secondary N) is 1. The maximum Gasteiger partial charge on any atom is 0.573 e. The van der Waals surface area contributed by atoms with Gasteiger partial charge in [0.1, 0.15) is 11.8 Å². The predicted octanol–water partition coefficient (Wildman–Crippen LogP) is 3.33. The number of carboxylic acid groups (broad SMARTS) is 1. The van der Waals surface area contributed by atoms with E-state index in [1.165, 1.54) is 12.1 Å². The van der Waals surface area contributed by atoms with Crippen LogP contribution in [-0.2, 0) is 22.4 Å². The molecule has 0 radical (unpaired) electrons. The summed E-state index contributed by atoms with van der Waals surface area (Å²) in [5.74, 6) is -1.93. The van der Waals surface area contributed by atoms with E-state index >= 15 is 0 Å². The van der Waals surface area contributed by atoms with E-state index in [1.54, 1.807) is 24.3 Å². The van der Waals surface area contributed by atoms with E-state index in [-0.39, 0.29) is 25.0 Å². The minimum Gasteiger partial charge on any atom is -0.480 e. The van der Waals surface area contributed by atoms with Gasteiger partial charge in [0.2, 0.25) is 5.91 Å². The molecule has 0 saturated heterocycles. The van der Waals surface area contributed by atoms with E-state index in [0.717, 1.165) is 17.7 Å². The molecule has 2 N–H and O–H groups in total. The Bertz CT molecular complexity index is 761. The zero-order valence-electron chi connectivity index (χ0n) is 14.2. The zero-order chi connectivity index (χ0) is 19.9. The normalized spacial score (nSPS) is 12.3. The summed E-state index contributed by atoms with van der Waals surface area (Å²) in [5.41, 5.74) is 1.42. The smallest absolute Gasteiger partial charge is 0.480 e. The van der Waals surface area contributed by atoms with E-state index in [4.69, 9.17) is 0 Å². The molecule has 5 nitrogen and oxygen atoms in total. The Morgan fingerprint density at radius 1 is 1.00 bits per heavy atom. The molecule has 0 aliphatic heterocycles. The van der Waals surface area contributed by atoms with Gasteiger partial charge in [0.05, 0.1) is 0 Å². The Morgan fingerprint density at radius 2 is 1.63 bits per heavy atom. The highest BCUT2D eigenvalue weighted by Crippen LogP contribution is 2.23. The number of carboxylic acids is 1. The highest BCUT2D eigenvalue weighted by atomic mass is 19.4. The van der Waals surface area contributed by atoms with Crippen LogP contribution in [0.1, 0.15) is 17.5 Å². The third-order valence-electron chi connectivity index (χ3n) is 3.71. The Morgan fingerprint density at radius 3 is 2.19 bits per heavy atom. The molecule has 0 aliphatic carbocycles. The van der Waals surface area contributed by atoms with Gasteiger partial charge in [-0.15, -0.1) is 13.2 Å². The average Bonchev–Trinajstić information content (AvgIpc) is 2.60. The molecule has 0 aliphatic rings. The minimum atomic E-state index is -4.76. The standard InChI is InChI=1S/C19H18F3NO4/c20-19(21,22)27-15-9-6-13(7-10-15)8-11-17(24)23-16(18(25)26)12-14-4-2-1-3-5-14/h1-7,9-10,16H,8,11-12H2,(H,23,24)(H,25,26)/t16-/m0/s1. The van der Waals surface area contributed by atoms with Gasteiger partial charge < -0.3 is 15.2 Å². The lowest BCUT2D eigenvalue weighted by Gasteiger charge is -2.15. The Kier molecular flexibility index (Phi) is 6.81. The highest BCUT2D eigenvalue weighted by Gasteiger charge is 2.30. The molecule has 0 saturated carbocycles. The van der Waals surface area contributed by atoms with Gasteiger partial charge in [-0.25, -0.2) is 4.79 Å². The maximum atomic E-state index is 12.1. The van der Waals surface area contributed by atoms with E-state index in [9.17, 15) is 27.9 Å². The third-order valence-corrected chi connectivity index (χ3v) is 3.71. The monoisotopic (exact) mass is 381 g/mol. The van der Waals surface area contributed by atoms with Crippen LogP contribution in [0.2, 0.25) is 0 Å². The first-order valence-electron chi connectivity index (χ1n) is 8.14. The largest absolute Gasteiger partial charge is 0.573 e. The van der Waals surface area contributed by atoms with E-state index < -0.39 is 24.3 Å². The number of benzene rings is 2. The maximum absolute atomic E-state index is 12.1. The first-order chi connectivity index (χ1) is 12.7. The molecule has 0 aromatic heterocycles. The highest BCUT2D eigenvalue weighted by molar-refractivity contribution is 5.83. The number of carbonyl (C=O) groups is 2. The van der Waals surface area contributed by atoms with Gasteiger partial charge in [-0.05, 0) is 29.7 Å². The SMILES string of the molecule is O=C(CCc1ccc(OC(F)(F)F)cc1)N[C@@H](Cc1ccccc1)C(=O)O. The number of hydrogen-bond donors (Lipinski definition) is 2. The average molecular weight is 381 g/mol. The lowest BCUT2D eigenvalue weighted by atomic mass is 10.1. The van der Waals surface area contributed by atoms with Crippen molar-refractivity contribution < 1.29 is 32.6 Å². The molecule has 0 fully saturated rings. The lowest BCUT2D eigenvalue weighted by Crippen LogP contribution is -2.42. The van der Waals surface area contributed by atoms with Crippen LogP contribution in [0.5, 0.6) is 5.75 Å². The molecule has 1 amide bonds. The van der Waals surface area contributed by atoms with Gasteiger partial charge in [0.15, 0.2) is 0 Å². The number of amides is 1. The van der Waals surface area contributed by atoms with Crippen LogP contribution in [0, 0.1) is 0 Å². The molecule has 1 atom stereocenters. The van der Waals surface area contributed by atoms with Crippen molar-refractivity contribution in [2.24, 2.45) is 0 Å². The fraction of sp³-hybridized carbons (Fsp3) is 0.263. The Labute approximate surface area is 153 Å². The number of alkyl halides is 3. The van der Waals surface area contributed by atoms with Crippen LogP contribution < -0.4 is 10.1 Å². The van der Waals surface area contributed by atoms with Crippen molar-refractivity contribution in [2.45, 2.75) is 31.7 Å². The van der Waals surface area contributed by atoms with Crippen LogP contribution in [0.4, 0.5) is 13.2 Å². The summed E-state index contributed by atoms with van der Waals surface area (Å²) >= 11 is 0. The molecule has 0 heterocycles. The van der Waals surface area contributed by atoms with Crippen LogP contribution >= 0.6 is 0 Å². The second-order valence-corrected chi connectivity index (χ2v) is 5.84. The van der Waals surface area contributed by atoms with Gasteiger partial charge in [0, 0.05) is 12.8 Å². The molecule has 2 aromatic rings. The molecule has 0 bridgehead atoms. The van der Waals surface area contributed by atoms with Crippen molar-refractivity contribution in [2.75, 3.05) is 0 Å². The third kappa shape index (κ3) is 7.39. The topological polar surface area (TPSA) is 75.6 Å². The zero-order valence-corrected chi connectivity index (χ0v) is 14.2. The van der Waals surface area contributed by atoms with Crippen molar-refractivity contribution in [1.29, 1.82) is 0 Å². The predicted molar refractivity (Wildman–Crippen MR) is 91.2 cm³/mol. The lowest BCUT2D eigenvalue weighted by molar-refractivity contribution is -0.274. The minimum absolute atomic E-state index is 0.0119. The summed E-state index contributed by atoms with van der Waals surface area (Å²) in [7, 11) is 0. The molecule has 0 spiro atoms. The van der Waals surface area contributed by atoms with E-state index in [1.807, 2.05) is 6.07 Å². The fourth-order valence-electron chi connectivity index (χ4n) is 2.43. The Balaban J connectivity index is 1.86. The van der Waals surface area contributed by atoms with Crippen LogP contribution in [-0.4, -0.2) is 29.4 Å². The summed E-state index contributed by atoms with van der Waals surface area (Å²) in [6.07, 6.45) is -4.33. The van der Waals surface area contributed by atoms with E-state index in [0.29, 0.717) is 5.56 Å². The Hall–Kier alpha value is -3.03. The summed E-state index contributed by atoms with van der Waals surface area (Å²) < 4.78 is 40.1. The summed E-state index contributed by atoms with van der Waals surface area (Å²) in [4.78, 5) is 23.4. The number of aryl methyl sites for hydroxylation is 1.